The minimum atomic E-state index is -0.0303. The second-order valence-corrected chi connectivity index (χ2v) is 5.87. The number of amides is 1. The summed E-state index contributed by atoms with van der Waals surface area (Å²) in [4.78, 5) is 36.6. The zero-order valence-corrected chi connectivity index (χ0v) is 13.9. The number of hydrogen-bond donors (Lipinski definition) is 0. The van der Waals surface area contributed by atoms with Gasteiger partial charge in [0.2, 0.25) is 5.95 Å². The van der Waals surface area contributed by atoms with Crippen LogP contribution in [0.5, 0.6) is 0 Å². The van der Waals surface area contributed by atoms with Gasteiger partial charge in [-0.3, -0.25) is 9.59 Å². The van der Waals surface area contributed by atoms with Gasteiger partial charge in [0.25, 0.3) is 5.91 Å². The highest BCUT2D eigenvalue weighted by molar-refractivity contribution is 5.95. The SMILES string of the molecule is CC(=O)c1cnc(N2CCN(C(=O)c3ccccc3)CC2)nc1C. The summed E-state index contributed by atoms with van der Waals surface area (Å²) in [7, 11) is 0. The van der Waals surface area contributed by atoms with Crippen molar-refractivity contribution in [2.75, 3.05) is 31.1 Å². The fourth-order valence-corrected chi connectivity index (χ4v) is 2.83. The highest BCUT2D eigenvalue weighted by atomic mass is 16.2. The van der Waals surface area contributed by atoms with Crippen molar-refractivity contribution in [2.45, 2.75) is 13.8 Å². The van der Waals surface area contributed by atoms with Gasteiger partial charge in [0.15, 0.2) is 5.78 Å². The van der Waals surface area contributed by atoms with Crippen molar-refractivity contribution in [3.63, 3.8) is 0 Å². The molecule has 0 radical (unpaired) electrons. The van der Waals surface area contributed by atoms with Crippen molar-refractivity contribution in [3.8, 4) is 0 Å². The third-order valence-corrected chi connectivity index (χ3v) is 4.22. The van der Waals surface area contributed by atoms with Crippen molar-refractivity contribution in [2.24, 2.45) is 0 Å². The molecular formula is C18H20N4O2. The van der Waals surface area contributed by atoms with Gasteiger partial charge in [0, 0.05) is 37.9 Å². The number of carbonyl (C=O) groups is 2. The molecule has 0 spiro atoms. The minimum absolute atomic E-state index is 0.0303. The summed E-state index contributed by atoms with van der Waals surface area (Å²) in [5.41, 5.74) is 1.95. The first-order valence-electron chi connectivity index (χ1n) is 8.00. The number of ketones is 1. The summed E-state index contributed by atoms with van der Waals surface area (Å²) in [6.45, 7) is 5.94. The predicted molar refractivity (Wildman–Crippen MR) is 91.3 cm³/mol. The van der Waals surface area contributed by atoms with Crippen LogP contribution < -0.4 is 4.90 Å². The average Bonchev–Trinajstić information content (AvgIpc) is 2.61. The van der Waals surface area contributed by atoms with Gasteiger partial charge in [0.05, 0.1) is 11.3 Å². The Kier molecular flexibility index (Phi) is 4.55. The normalized spacial score (nSPS) is 14.6. The Balaban J connectivity index is 1.66. The lowest BCUT2D eigenvalue weighted by atomic mass is 10.2. The van der Waals surface area contributed by atoms with Gasteiger partial charge in [-0.25, -0.2) is 9.97 Å². The average molecular weight is 324 g/mol. The van der Waals surface area contributed by atoms with Gasteiger partial charge >= 0.3 is 0 Å². The molecule has 0 N–H and O–H groups in total. The molecule has 24 heavy (non-hydrogen) atoms. The van der Waals surface area contributed by atoms with Crippen LogP contribution in [0, 0.1) is 6.92 Å². The van der Waals surface area contributed by atoms with Crippen LogP contribution in [0.3, 0.4) is 0 Å². The molecule has 0 saturated carbocycles. The fourth-order valence-electron chi connectivity index (χ4n) is 2.83. The molecule has 1 aliphatic heterocycles. The topological polar surface area (TPSA) is 66.4 Å². The number of carbonyl (C=O) groups excluding carboxylic acids is 2. The lowest BCUT2D eigenvalue weighted by molar-refractivity contribution is 0.0746. The number of hydrogen-bond acceptors (Lipinski definition) is 5. The quantitative estimate of drug-likeness (QED) is 0.807. The van der Waals surface area contributed by atoms with E-state index in [2.05, 4.69) is 9.97 Å². The summed E-state index contributed by atoms with van der Waals surface area (Å²) in [5, 5.41) is 0. The summed E-state index contributed by atoms with van der Waals surface area (Å²) in [6.07, 6.45) is 1.58. The summed E-state index contributed by atoms with van der Waals surface area (Å²) in [6, 6.07) is 9.32. The van der Waals surface area contributed by atoms with Crippen molar-refractivity contribution in [1.82, 2.24) is 14.9 Å². The molecular weight excluding hydrogens is 304 g/mol. The Labute approximate surface area is 141 Å². The van der Waals surface area contributed by atoms with Gasteiger partial charge in [-0.15, -0.1) is 0 Å². The van der Waals surface area contributed by atoms with E-state index in [-0.39, 0.29) is 11.7 Å². The standard InChI is InChI=1S/C18H20N4O2/c1-13-16(14(2)23)12-19-18(20-13)22-10-8-21(9-11-22)17(24)15-6-4-3-5-7-15/h3-7,12H,8-11H2,1-2H3. The molecule has 1 aliphatic rings. The minimum Gasteiger partial charge on any atom is -0.337 e. The molecule has 1 aromatic carbocycles. The second-order valence-electron chi connectivity index (χ2n) is 5.87. The molecule has 124 valence electrons. The van der Waals surface area contributed by atoms with Crippen LogP contribution in [-0.4, -0.2) is 52.7 Å². The molecule has 1 aromatic heterocycles. The molecule has 0 unspecified atom stereocenters. The van der Waals surface area contributed by atoms with E-state index in [0.717, 1.165) is 0 Å². The number of rotatable bonds is 3. The molecule has 6 heteroatoms. The maximum atomic E-state index is 12.5. The van der Waals surface area contributed by atoms with E-state index in [0.29, 0.717) is 48.9 Å². The number of piperazine rings is 1. The Bertz CT molecular complexity index is 753. The first kappa shape index (κ1) is 16.1. The first-order chi connectivity index (χ1) is 11.6. The predicted octanol–water partition coefficient (Wildman–Crippen LogP) is 1.95. The van der Waals surface area contributed by atoms with Crippen molar-refractivity contribution in [3.05, 3.63) is 53.3 Å². The number of nitrogens with zero attached hydrogens (tertiary/aromatic N) is 4. The number of Topliss-reactive ketones (excluding diaryl/α,β-unsaturated/α-hetero) is 1. The zero-order valence-electron chi connectivity index (χ0n) is 13.9. The molecule has 1 amide bonds. The fraction of sp³-hybridized carbons (Fsp3) is 0.333. The highest BCUT2D eigenvalue weighted by Crippen LogP contribution is 2.15. The van der Waals surface area contributed by atoms with Gasteiger partial charge in [-0.2, -0.15) is 0 Å². The van der Waals surface area contributed by atoms with E-state index in [1.54, 1.807) is 6.20 Å². The zero-order chi connectivity index (χ0) is 17.1. The number of benzene rings is 1. The van der Waals surface area contributed by atoms with Crippen LogP contribution in [0.25, 0.3) is 0 Å². The lowest BCUT2D eigenvalue weighted by Gasteiger charge is -2.34. The Morgan fingerprint density at radius 1 is 1.04 bits per heavy atom. The molecule has 1 fully saturated rings. The largest absolute Gasteiger partial charge is 0.337 e. The van der Waals surface area contributed by atoms with Gasteiger partial charge < -0.3 is 9.80 Å². The maximum Gasteiger partial charge on any atom is 0.253 e. The molecule has 0 aliphatic carbocycles. The van der Waals surface area contributed by atoms with Crippen molar-refractivity contribution in [1.29, 1.82) is 0 Å². The van der Waals surface area contributed by atoms with Crippen LogP contribution in [0.15, 0.2) is 36.5 Å². The number of aromatic nitrogens is 2. The summed E-state index contributed by atoms with van der Waals surface area (Å²) >= 11 is 0. The molecule has 0 atom stereocenters. The third kappa shape index (κ3) is 3.27. The highest BCUT2D eigenvalue weighted by Gasteiger charge is 2.23. The van der Waals surface area contributed by atoms with Gasteiger partial charge in [-0.05, 0) is 26.0 Å². The molecule has 1 saturated heterocycles. The van der Waals surface area contributed by atoms with E-state index in [9.17, 15) is 9.59 Å². The summed E-state index contributed by atoms with van der Waals surface area (Å²) in [5.74, 6) is 0.640. The third-order valence-electron chi connectivity index (χ3n) is 4.22. The molecule has 2 aromatic rings. The Morgan fingerprint density at radius 2 is 1.71 bits per heavy atom. The van der Waals surface area contributed by atoms with Gasteiger partial charge in [0.1, 0.15) is 0 Å². The Hall–Kier alpha value is -2.76. The van der Waals surface area contributed by atoms with Crippen LogP contribution in [0.1, 0.15) is 33.3 Å². The smallest absolute Gasteiger partial charge is 0.253 e. The van der Waals surface area contributed by atoms with Gasteiger partial charge in [-0.1, -0.05) is 18.2 Å². The van der Waals surface area contributed by atoms with Crippen molar-refractivity contribution < 1.29 is 9.59 Å². The molecule has 6 nitrogen and oxygen atoms in total. The van der Waals surface area contributed by atoms with Crippen LogP contribution in [-0.2, 0) is 0 Å². The Morgan fingerprint density at radius 3 is 2.29 bits per heavy atom. The van der Waals surface area contributed by atoms with E-state index in [1.807, 2.05) is 47.1 Å². The van der Waals surface area contributed by atoms with E-state index < -0.39 is 0 Å². The monoisotopic (exact) mass is 324 g/mol. The van der Waals surface area contributed by atoms with E-state index >= 15 is 0 Å². The van der Waals surface area contributed by atoms with E-state index in [1.165, 1.54) is 6.92 Å². The lowest BCUT2D eigenvalue weighted by Crippen LogP contribution is -2.49. The van der Waals surface area contributed by atoms with Crippen LogP contribution >= 0.6 is 0 Å². The number of aryl methyl sites for hydroxylation is 1. The maximum absolute atomic E-state index is 12.5. The first-order valence-corrected chi connectivity index (χ1v) is 8.00. The van der Waals surface area contributed by atoms with E-state index in [4.69, 9.17) is 0 Å². The molecule has 3 rings (SSSR count). The second kappa shape index (κ2) is 6.78. The van der Waals surface area contributed by atoms with Crippen LogP contribution in [0.4, 0.5) is 5.95 Å². The van der Waals surface area contributed by atoms with Crippen LogP contribution in [0.2, 0.25) is 0 Å². The van der Waals surface area contributed by atoms with Crippen molar-refractivity contribution >= 4 is 17.6 Å². The number of anilines is 1. The molecule has 0 bridgehead atoms. The molecule has 2 heterocycles. The summed E-state index contributed by atoms with van der Waals surface area (Å²) < 4.78 is 0.